The lowest BCUT2D eigenvalue weighted by Crippen LogP contribution is -2.40. The lowest BCUT2D eigenvalue weighted by atomic mass is 10.1. The van der Waals surface area contributed by atoms with E-state index in [1.54, 1.807) is 0 Å². The average Bonchev–Trinajstić information content (AvgIpc) is 3.21. The molecule has 0 unspecified atom stereocenters. The second-order valence-electron chi connectivity index (χ2n) is 8.11. The molecule has 3 amide bonds. The zero-order valence-corrected chi connectivity index (χ0v) is 18.2. The third kappa shape index (κ3) is 6.07. The number of nitrogens with one attached hydrogen (secondary N) is 3. The molecule has 6 nitrogen and oxygen atoms in total. The van der Waals surface area contributed by atoms with Gasteiger partial charge in [-0.25, -0.2) is 4.79 Å². The van der Waals surface area contributed by atoms with Gasteiger partial charge in [0.2, 0.25) is 5.91 Å². The molecule has 0 aromatic heterocycles. The van der Waals surface area contributed by atoms with Crippen molar-refractivity contribution >= 4 is 17.6 Å². The molecule has 1 saturated heterocycles. The smallest absolute Gasteiger partial charge is 0.315 e. The largest absolute Gasteiger partial charge is 0.334 e. The van der Waals surface area contributed by atoms with E-state index >= 15 is 0 Å². The third-order valence-electron chi connectivity index (χ3n) is 5.50. The molecule has 30 heavy (non-hydrogen) atoms. The van der Waals surface area contributed by atoms with Crippen LogP contribution < -0.4 is 16.0 Å². The van der Waals surface area contributed by atoms with Crippen molar-refractivity contribution in [3.8, 4) is 0 Å². The standard InChI is InChI=1S/C24H32N4O2/c1-17-12-18(2)23(19(3)13-17)27-22(29)15-26-24(30)25-14-20-8-4-5-9-21(20)16-28-10-6-7-11-28/h4-5,8-9,12-13H,6-7,10-11,14-16H2,1-3H3,(H,27,29)(H2,25,26,30). The number of benzene rings is 2. The second-order valence-corrected chi connectivity index (χ2v) is 8.11. The predicted octanol–water partition coefficient (Wildman–Crippen LogP) is 3.65. The predicted molar refractivity (Wildman–Crippen MR) is 120 cm³/mol. The number of carbonyl (C=O) groups excluding carboxylic acids is 2. The summed E-state index contributed by atoms with van der Waals surface area (Å²) in [5.41, 5.74) is 6.34. The molecule has 3 N–H and O–H groups in total. The minimum atomic E-state index is -0.349. The van der Waals surface area contributed by atoms with E-state index in [1.807, 2.05) is 51.1 Å². The normalized spacial score (nSPS) is 13.8. The number of aryl methyl sites for hydroxylation is 3. The molecule has 160 valence electrons. The molecular formula is C24H32N4O2. The van der Waals surface area contributed by atoms with Crippen molar-refractivity contribution in [2.45, 2.75) is 46.7 Å². The van der Waals surface area contributed by atoms with Crippen LogP contribution in [0.1, 0.15) is 40.7 Å². The number of anilines is 1. The van der Waals surface area contributed by atoms with E-state index in [9.17, 15) is 9.59 Å². The molecule has 2 aromatic carbocycles. The molecule has 1 fully saturated rings. The summed E-state index contributed by atoms with van der Waals surface area (Å²) in [4.78, 5) is 26.9. The summed E-state index contributed by atoms with van der Waals surface area (Å²) in [5.74, 6) is -0.241. The Hall–Kier alpha value is -2.86. The highest BCUT2D eigenvalue weighted by Crippen LogP contribution is 2.21. The molecule has 0 saturated carbocycles. The van der Waals surface area contributed by atoms with Crippen LogP contribution in [0.2, 0.25) is 0 Å². The third-order valence-corrected chi connectivity index (χ3v) is 5.50. The Kier molecular flexibility index (Phi) is 7.46. The van der Waals surface area contributed by atoms with Crippen LogP contribution in [0.5, 0.6) is 0 Å². The number of hydrogen-bond acceptors (Lipinski definition) is 3. The van der Waals surface area contributed by atoms with Gasteiger partial charge < -0.3 is 16.0 Å². The monoisotopic (exact) mass is 408 g/mol. The van der Waals surface area contributed by atoms with E-state index in [1.165, 1.54) is 18.4 Å². The van der Waals surface area contributed by atoms with Crippen LogP contribution in [-0.2, 0) is 17.9 Å². The van der Waals surface area contributed by atoms with Gasteiger partial charge in [-0.15, -0.1) is 0 Å². The van der Waals surface area contributed by atoms with Gasteiger partial charge in [-0.1, -0.05) is 42.0 Å². The molecule has 6 heteroatoms. The SMILES string of the molecule is Cc1cc(C)c(NC(=O)CNC(=O)NCc2ccccc2CN2CCCC2)c(C)c1. The maximum Gasteiger partial charge on any atom is 0.315 e. The maximum absolute atomic E-state index is 12.3. The van der Waals surface area contributed by atoms with Crippen molar-refractivity contribution < 1.29 is 9.59 Å². The average molecular weight is 409 g/mol. The highest BCUT2D eigenvalue weighted by atomic mass is 16.2. The van der Waals surface area contributed by atoms with E-state index in [0.29, 0.717) is 6.54 Å². The summed E-state index contributed by atoms with van der Waals surface area (Å²) in [7, 11) is 0. The summed E-state index contributed by atoms with van der Waals surface area (Å²) < 4.78 is 0. The first kappa shape index (κ1) is 21.8. The van der Waals surface area contributed by atoms with Crippen molar-refractivity contribution in [3.05, 3.63) is 64.2 Å². The Bertz CT molecular complexity index is 881. The van der Waals surface area contributed by atoms with E-state index in [2.05, 4.69) is 26.9 Å². The van der Waals surface area contributed by atoms with Crippen molar-refractivity contribution in [1.82, 2.24) is 15.5 Å². The van der Waals surface area contributed by atoms with Crippen molar-refractivity contribution in [3.63, 3.8) is 0 Å². The number of rotatable bonds is 7. The fourth-order valence-corrected chi connectivity index (χ4v) is 4.03. The number of carbonyl (C=O) groups is 2. The van der Waals surface area contributed by atoms with Gasteiger partial charge in [0.1, 0.15) is 0 Å². The Morgan fingerprint density at radius 1 is 0.933 bits per heavy atom. The zero-order valence-electron chi connectivity index (χ0n) is 18.2. The summed E-state index contributed by atoms with van der Waals surface area (Å²) in [6.07, 6.45) is 2.51. The minimum Gasteiger partial charge on any atom is -0.334 e. The van der Waals surface area contributed by atoms with Crippen LogP contribution in [0.3, 0.4) is 0 Å². The first-order chi connectivity index (χ1) is 14.4. The Labute approximate surface area is 179 Å². The van der Waals surface area contributed by atoms with Gasteiger partial charge in [0.25, 0.3) is 0 Å². The molecular weight excluding hydrogens is 376 g/mol. The van der Waals surface area contributed by atoms with Crippen molar-refractivity contribution in [2.75, 3.05) is 25.0 Å². The van der Waals surface area contributed by atoms with Crippen LogP contribution in [-0.4, -0.2) is 36.5 Å². The minimum absolute atomic E-state index is 0.0754. The van der Waals surface area contributed by atoms with Gasteiger partial charge in [0, 0.05) is 18.8 Å². The van der Waals surface area contributed by atoms with Gasteiger partial charge in [-0.05, 0) is 69.0 Å². The molecule has 0 bridgehead atoms. The second kappa shape index (κ2) is 10.3. The number of amides is 3. The summed E-state index contributed by atoms with van der Waals surface area (Å²) in [6, 6.07) is 11.9. The molecule has 0 aliphatic carbocycles. The van der Waals surface area contributed by atoms with Crippen LogP contribution >= 0.6 is 0 Å². The highest BCUT2D eigenvalue weighted by molar-refractivity contribution is 5.95. The first-order valence-corrected chi connectivity index (χ1v) is 10.6. The summed E-state index contributed by atoms with van der Waals surface area (Å²) >= 11 is 0. The Balaban J connectivity index is 1.47. The van der Waals surface area contributed by atoms with Gasteiger partial charge >= 0.3 is 6.03 Å². The molecule has 1 heterocycles. The lowest BCUT2D eigenvalue weighted by molar-refractivity contribution is -0.115. The van der Waals surface area contributed by atoms with Gasteiger partial charge in [0.05, 0.1) is 6.54 Å². The van der Waals surface area contributed by atoms with Crippen molar-refractivity contribution in [2.24, 2.45) is 0 Å². The molecule has 0 radical (unpaired) electrons. The van der Waals surface area contributed by atoms with Gasteiger partial charge in [0.15, 0.2) is 0 Å². The van der Waals surface area contributed by atoms with Crippen LogP contribution in [0, 0.1) is 20.8 Å². The molecule has 1 aliphatic heterocycles. The fraction of sp³-hybridized carbons (Fsp3) is 0.417. The number of likely N-dealkylation sites (tertiary alicyclic amines) is 1. The van der Waals surface area contributed by atoms with E-state index in [4.69, 9.17) is 0 Å². The quantitative estimate of drug-likeness (QED) is 0.655. The number of urea groups is 1. The van der Waals surface area contributed by atoms with E-state index in [-0.39, 0.29) is 18.5 Å². The topological polar surface area (TPSA) is 73.5 Å². The summed E-state index contributed by atoms with van der Waals surface area (Å²) in [5, 5.41) is 8.41. The van der Waals surface area contributed by atoms with E-state index in [0.717, 1.165) is 47.6 Å². The van der Waals surface area contributed by atoms with E-state index < -0.39 is 0 Å². The van der Waals surface area contributed by atoms with Gasteiger partial charge in [-0.3, -0.25) is 9.69 Å². The van der Waals surface area contributed by atoms with Crippen LogP contribution in [0.25, 0.3) is 0 Å². The molecule has 2 aromatic rings. The molecule has 1 aliphatic rings. The molecule has 0 spiro atoms. The Morgan fingerprint density at radius 3 is 2.23 bits per heavy atom. The Morgan fingerprint density at radius 2 is 1.57 bits per heavy atom. The zero-order chi connectivity index (χ0) is 21.5. The van der Waals surface area contributed by atoms with Crippen LogP contribution in [0.15, 0.2) is 36.4 Å². The maximum atomic E-state index is 12.3. The number of nitrogens with zero attached hydrogens (tertiary/aromatic N) is 1. The van der Waals surface area contributed by atoms with Gasteiger partial charge in [-0.2, -0.15) is 0 Å². The fourth-order valence-electron chi connectivity index (χ4n) is 4.03. The molecule has 3 rings (SSSR count). The first-order valence-electron chi connectivity index (χ1n) is 10.6. The lowest BCUT2D eigenvalue weighted by Gasteiger charge is -2.18. The number of hydrogen-bond donors (Lipinski definition) is 3. The highest BCUT2D eigenvalue weighted by Gasteiger charge is 2.14. The van der Waals surface area contributed by atoms with Crippen molar-refractivity contribution in [1.29, 1.82) is 0 Å². The van der Waals surface area contributed by atoms with Crippen LogP contribution in [0.4, 0.5) is 10.5 Å². The summed E-state index contributed by atoms with van der Waals surface area (Å²) in [6.45, 7) is 9.51. The molecule has 0 atom stereocenters.